The summed E-state index contributed by atoms with van der Waals surface area (Å²) in [6.07, 6.45) is 4.29. The molecule has 0 bridgehead atoms. The third kappa shape index (κ3) is 6.81. The monoisotopic (exact) mass is 269 g/mol. The maximum Gasteiger partial charge on any atom is 0.194 e. The van der Waals surface area contributed by atoms with Crippen LogP contribution >= 0.6 is 0 Å². The molecule has 0 saturated carbocycles. The summed E-state index contributed by atoms with van der Waals surface area (Å²) in [5.74, 6) is 0.967. The predicted octanol–water partition coefficient (Wildman–Crippen LogP) is 2.23. The van der Waals surface area contributed by atoms with Crippen molar-refractivity contribution >= 4 is 5.96 Å². The van der Waals surface area contributed by atoms with Gasteiger partial charge < -0.3 is 15.3 Å². The van der Waals surface area contributed by atoms with Gasteiger partial charge in [0, 0.05) is 26.2 Å². The molecule has 4 heteroatoms. The van der Waals surface area contributed by atoms with Crippen molar-refractivity contribution in [3.63, 3.8) is 0 Å². The number of hydrogen-bond donors (Lipinski definition) is 2. The van der Waals surface area contributed by atoms with Gasteiger partial charge in [-0.1, -0.05) is 27.2 Å². The van der Waals surface area contributed by atoms with E-state index < -0.39 is 0 Å². The molecule has 19 heavy (non-hydrogen) atoms. The number of unbranched alkanes of at least 4 members (excludes halogenated alkanes) is 1. The quantitative estimate of drug-likeness (QED) is 0.457. The summed E-state index contributed by atoms with van der Waals surface area (Å²) in [7, 11) is 0. The van der Waals surface area contributed by atoms with E-state index in [9.17, 15) is 5.11 Å². The summed E-state index contributed by atoms with van der Waals surface area (Å²) in [6.45, 7) is 12.3. The van der Waals surface area contributed by atoms with Gasteiger partial charge in [0.2, 0.25) is 0 Å². The molecule has 112 valence electrons. The molecule has 0 aliphatic carbocycles. The fraction of sp³-hybridized carbons (Fsp3) is 0.933. The Balaban J connectivity index is 2.33. The molecule has 1 atom stereocenters. The number of guanidine groups is 1. The number of hydrogen-bond acceptors (Lipinski definition) is 2. The van der Waals surface area contributed by atoms with Crippen molar-refractivity contribution in [3.8, 4) is 0 Å². The fourth-order valence-electron chi connectivity index (χ4n) is 2.31. The Kier molecular flexibility index (Phi) is 6.63. The van der Waals surface area contributed by atoms with Crippen LogP contribution in [0.5, 0.6) is 0 Å². The number of aliphatic hydroxyl groups excluding tert-OH is 1. The highest BCUT2D eigenvalue weighted by molar-refractivity contribution is 5.80. The number of rotatable bonds is 5. The molecule has 0 aromatic carbocycles. The van der Waals surface area contributed by atoms with Crippen LogP contribution in [0.25, 0.3) is 0 Å². The summed E-state index contributed by atoms with van der Waals surface area (Å²) in [5, 5.41) is 12.9. The molecule has 0 amide bonds. The van der Waals surface area contributed by atoms with E-state index >= 15 is 0 Å². The zero-order valence-electron chi connectivity index (χ0n) is 13.1. The zero-order chi connectivity index (χ0) is 14.3. The average molecular weight is 269 g/mol. The molecular formula is C15H31N3O. The molecule has 1 aliphatic heterocycles. The molecule has 1 heterocycles. The Morgan fingerprint density at radius 1 is 1.37 bits per heavy atom. The average Bonchev–Trinajstić information content (AvgIpc) is 2.72. The fourth-order valence-corrected chi connectivity index (χ4v) is 2.31. The number of aliphatic imine (C=N–C) groups is 1. The van der Waals surface area contributed by atoms with Gasteiger partial charge in [-0.3, -0.25) is 4.99 Å². The molecule has 0 aromatic rings. The summed E-state index contributed by atoms with van der Waals surface area (Å²) >= 11 is 0. The lowest BCUT2D eigenvalue weighted by molar-refractivity contribution is 0.188. The topological polar surface area (TPSA) is 47.9 Å². The van der Waals surface area contributed by atoms with Crippen LogP contribution in [0, 0.1) is 5.41 Å². The second kappa shape index (κ2) is 7.73. The highest BCUT2D eigenvalue weighted by Crippen LogP contribution is 2.21. The van der Waals surface area contributed by atoms with Crippen molar-refractivity contribution in [2.45, 2.75) is 59.5 Å². The molecule has 0 unspecified atom stereocenters. The molecule has 1 saturated heterocycles. The first-order valence-electron chi connectivity index (χ1n) is 7.63. The van der Waals surface area contributed by atoms with Gasteiger partial charge in [-0.15, -0.1) is 0 Å². The molecule has 1 rings (SSSR count). The smallest absolute Gasteiger partial charge is 0.194 e. The minimum Gasteiger partial charge on any atom is -0.391 e. The van der Waals surface area contributed by atoms with Crippen LogP contribution in [-0.2, 0) is 0 Å². The van der Waals surface area contributed by atoms with E-state index in [-0.39, 0.29) is 6.10 Å². The maximum absolute atomic E-state index is 9.59. The van der Waals surface area contributed by atoms with Crippen molar-refractivity contribution in [2.75, 3.05) is 26.2 Å². The van der Waals surface area contributed by atoms with Gasteiger partial charge in [0.15, 0.2) is 5.96 Å². The normalized spacial score (nSPS) is 21.0. The molecule has 1 fully saturated rings. The van der Waals surface area contributed by atoms with Gasteiger partial charge in [-0.25, -0.2) is 0 Å². The number of likely N-dealkylation sites (tertiary alicyclic amines) is 1. The number of nitrogens with zero attached hydrogens (tertiary/aromatic N) is 2. The Bertz CT molecular complexity index is 284. The van der Waals surface area contributed by atoms with Crippen LogP contribution in [0.15, 0.2) is 4.99 Å². The van der Waals surface area contributed by atoms with Gasteiger partial charge in [-0.05, 0) is 31.6 Å². The van der Waals surface area contributed by atoms with Gasteiger partial charge in [0.05, 0.1) is 6.10 Å². The van der Waals surface area contributed by atoms with Crippen LogP contribution in [0.3, 0.4) is 0 Å². The third-order valence-corrected chi connectivity index (χ3v) is 3.39. The first-order chi connectivity index (χ1) is 8.92. The van der Waals surface area contributed by atoms with Crippen molar-refractivity contribution in [3.05, 3.63) is 0 Å². The van der Waals surface area contributed by atoms with Crippen LogP contribution < -0.4 is 5.32 Å². The second-order valence-electron chi connectivity index (χ2n) is 6.64. The van der Waals surface area contributed by atoms with Crippen LogP contribution in [0.1, 0.15) is 53.4 Å². The Hall–Kier alpha value is -0.770. The van der Waals surface area contributed by atoms with Crippen molar-refractivity contribution in [2.24, 2.45) is 10.4 Å². The van der Waals surface area contributed by atoms with E-state index in [2.05, 4.69) is 42.9 Å². The molecule has 1 aliphatic rings. The number of nitrogens with one attached hydrogen (secondary N) is 1. The molecule has 4 nitrogen and oxygen atoms in total. The van der Waals surface area contributed by atoms with Crippen molar-refractivity contribution in [1.29, 1.82) is 0 Å². The SMILES string of the molecule is CCNC(=NCCCCC(C)(C)C)N1CC[C@@H](O)C1. The van der Waals surface area contributed by atoms with E-state index in [1.165, 1.54) is 12.8 Å². The minimum absolute atomic E-state index is 0.190. The van der Waals surface area contributed by atoms with E-state index in [0.29, 0.717) is 12.0 Å². The Morgan fingerprint density at radius 2 is 2.11 bits per heavy atom. The van der Waals surface area contributed by atoms with Gasteiger partial charge in [-0.2, -0.15) is 0 Å². The zero-order valence-corrected chi connectivity index (χ0v) is 13.1. The first-order valence-corrected chi connectivity index (χ1v) is 7.63. The molecule has 0 radical (unpaired) electrons. The second-order valence-corrected chi connectivity index (χ2v) is 6.64. The van der Waals surface area contributed by atoms with E-state index in [4.69, 9.17) is 0 Å². The Labute approximate surface area is 118 Å². The first kappa shape index (κ1) is 16.3. The lowest BCUT2D eigenvalue weighted by Gasteiger charge is -2.21. The summed E-state index contributed by atoms with van der Waals surface area (Å²) in [5.41, 5.74) is 0.424. The van der Waals surface area contributed by atoms with Crippen molar-refractivity contribution < 1.29 is 5.11 Å². The minimum atomic E-state index is -0.190. The standard InChI is InChI=1S/C15H31N3O/c1-5-16-14(18-11-8-13(19)12-18)17-10-7-6-9-15(2,3)4/h13,19H,5-12H2,1-4H3,(H,16,17)/t13-/m1/s1. The lowest BCUT2D eigenvalue weighted by Crippen LogP contribution is -2.40. The number of β-amino-alcohol motifs (C(OH)–C–C–N with tert-alkyl or cyclic N) is 1. The third-order valence-electron chi connectivity index (χ3n) is 3.39. The largest absolute Gasteiger partial charge is 0.391 e. The van der Waals surface area contributed by atoms with Crippen LogP contribution in [0.2, 0.25) is 0 Å². The van der Waals surface area contributed by atoms with Gasteiger partial charge in [0.1, 0.15) is 0 Å². The van der Waals surface area contributed by atoms with E-state index in [0.717, 1.165) is 38.4 Å². The highest BCUT2D eigenvalue weighted by Gasteiger charge is 2.22. The summed E-state index contributed by atoms with van der Waals surface area (Å²) in [6, 6.07) is 0. The molecule has 2 N–H and O–H groups in total. The summed E-state index contributed by atoms with van der Waals surface area (Å²) < 4.78 is 0. The maximum atomic E-state index is 9.59. The van der Waals surface area contributed by atoms with Gasteiger partial charge >= 0.3 is 0 Å². The molecule has 0 aromatic heterocycles. The van der Waals surface area contributed by atoms with Crippen LogP contribution in [-0.4, -0.2) is 48.2 Å². The Morgan fingerprint density at radius 3 is 2.63 bits per heavy atom. The summed E-state index contributed by atoms with van der Waals surface area (Å²) in [4.78, 5) is 6.83. The molecule has 0 spiro atoms. The highest BCUT2D eigenvalue weighted by atomic mass is 16.3. The predicted molar refractivity (Wildman–Crippen MR) is 81.5 cm³/mol. The van der Waals surface area contributed by atoms with E-state index in [1.54, 1.807) is 0 Å². The lowest BCUT2D eigenvalue weighted by atomic mass is 9.90. The van der Waals surface area contributed by atoms with Gasteiger partial charge in [0.25, 0.3) is 0 Å². The molecular weight excluding hydrogens is 238 g/mol. The number of aliphatic hydroxyl groups is 1. The van der Waals surface area contributed by atoms with E-state index in [1.807, 2.05) is 0 Å². The van der Waals surface area contributed by atoms with Crippen molar-refractivity contribution in [1.82, 2.24) is 10.2 Å². The van der Waals surface area contributed by atoms with Crippen LogP contribution in [0.4, 0.5) is 0 Å².